The molecule has 36 heavy (non-hydrogen) atoms. The summed E-state index contributed by atoms with van der Waals surface area (Å²) in [6, 6.07) is 18.2. The number of ether oxygens (including phenoxy) is 2. The number of nitriles is 1. The Morgan fingerprint density at radius 1 is 1.06 bits per heavy atom. The van der Waals surface area contributed by atoms with Crippen LogP contribution in [0.2, 0.25) is 0 Å². The average Bonchev–Trinajstić information content (AvgIpc) is 2.81. The van der Waals surface area contributed by atoms with Crippen molar-refractivity contribution in [2.45, 2.75) is 18.8 Å². The fourth-order valence-electron chi connectivity index (χ4n) is 3.78. The molecule has 1 saturated heterocycles. The van der Waals surface area contributed by atoms with Crippen LogP contribution in [0.1, 0.15) is 22.7 Å². The fraction of sp³-hybridized carbons (Fsp3) is 0.435. The molecule has 0 unspecified atom stereocenters. The van der Waals surface area contributed by atoms with Crippen molar-refractivity contribution in [3.05, 3.63) is 65.2 Å². The lowest BCUT2D eigenvalue weighted by Gasteiger charge is -2.42. The third-order valence-corrected chi connectivity index (χ3v) is 5.06. The first kappa shape index (κ1) is 29.7. The molecule has 0 amide bonds. The second-order valence-electron chi connectivity index (χ2n) is 8.21. The van der Waals surface area contributed by atoms with E-state index in [-0.39, 0.29) is 12.1 Å². The predicted octanol–water partition coefficient (Wildman–Crippen LogP) is 1.49. The summed E-state index contributed by atoms with van der Waals surface area (Å²) in [6.45, 7) is 5.02. The Kier molecular flexibility index (Phi) is 11.3. The molecule has 3 N–H and O–H groups in total. The molecular formula is C23H31N3O8S2. The molecule has 198 valence electrons. The number of hydrogen-bond donors (Lipinski definition) is 3. The van der Waals surface area contributed by atoms with Crippen LogP contribution in [0.3, 0.4) is 0 Å². The van der Waals surface area contributed by atoms with Crippen LogP contribution in [-0.4, -0.2) is 82.2 Å². The minimum atomic E-state index is -3.67. The number of nitrogens with one attached hydrogen (secondary N) is 1. The van der Waals surface area contributed by atoms with E-state index < -0.39 is 20.2 Å². The van der Waals surface area contributed by atoms with Crippen molar-refractivity contribution in [1.29, 1.82) is 5.26 Å². The van der Waals surface area contributed by atoms with Gasteiger partial charge >= 0.3 is 0 Å². The summed E-state index contributed by atoms with van der Waals surface area (Å²) in [4.78, 5) is 2.49. The van der Waals surface area contributed by atoms with Crippen molar-refractivity contribution in [3.63, 3.8) is 0 Å². The second-order valence-corrected chi connectivity index (χ2v) is 11.1. The van der Waals surface area contributed by atoms with Gasteiger partial charge in [0.05, 0.1) is 36.8 Å². The molecule has 2 aromatic carbocycles. The second kappa shape index (κ2) is 13.7. The first-order chi connectivity index (χ1) is 16.8. The summed E-state index contributed by atoms with van der Waals surface area (Å²) in [6.07, 6.45) is 1.40. The Bertz CT molecular complexity index is 1190. The highest BCUT2D eigenvalue weighted by Gasteiger charge is 2.36. The van der Waals surface area contributed by atoms with E-state index in [1.165, 1.54) is 5.56 Å². The van der Waals surface area contributed by atoms with Crippen molar-refractivity contribution in [2.75, 3.05) is 45.3 Å². The molecule has 2 aliphatic heterocycles. The zero-order chi connectivity index (χ0) is 26.8. The van der Waals surface area contributed by atoms with Crippen molar-refractivity contribution in [1.82, 2.24) is 10.2 Å². The van der Waals surface area contributed by atoms with E-state index in [9.17, 15) is 16.8 Å². The number of fused-ring (bicyclic) bond motifs is 1. The normalized spacial score (nSPS) is 19.8. The third-order valence-electron chi connectivity index (χ3n) is 5.06. The van der Waals surface area contributed by atoms with Crippen LogP contribution >= 0.6 is 0 Å². The lowest BCUT2D eigenvalue weighted by atomic mass is 9.95. The topological polar surface area (TPSA) is 166 Å². The van der Waals surface area contributed by atoms with Gasteiger partial charge in [-0.05, 0) is 23.8 Å². The molecule has 2 aromatic rings. The molecule has 0 aromatic heterocycles. The van der Waals surface area contributed by atoms with Crippen molar-refractivity contribution in [3.8, 4) is 11.8 Å². The van der Waals surface area contributed by atoms with Crippen molar-refractivity contribution in [2.24, 2.45) is 0 Å². The van der Waals surface area contributed by atoms with E-state index in [0.29, 0.717) is 31.3 Å². The van der Waals surface area contributed by atoms with Crippen molar-refractivity contribution < 1.29 is 35.4 Å². The van der Waals surface area contributed by atoms with Gasteiger partial charge in [0, 0.05) is 31.7 Å². The maximum absolute atomic E-state index is 9.19. The molecule has 2 atom stereocenters. The summed E-state index contributed by atoms with van der Waals surface area (Å²) in [5.74, 6) is 0.961. The molecule has 1 fully saturated rings. The van der Waals surface area contributed by atoms with Crippen LogP contribution in [0.25, 0.3) is 0 Å². The minimum Gasteiger partial charge on any atom is -0.490 e. The summed E-state index contributed by atoms with van der Waals surface area (Å²) in [7, 11) is -7.33. The molecular weight excluding hydrogens is 510 g/mol. The number of piperazine rings is 1. The summed E-state index contributed by atoms with van der Waals surface area (Å²) < 4.78 is 64.0. The standard InChI is InChI=1S/C21H23N3O2.2CH4O3S/c22-13-16-4-3-5-17(12-16)14-25-20-15-26-19-7-2-1-6-18(19)21(20)24-10-8-23-9-11-24;2*1-5(2,3)4/h1-7,12,20-21,23H,8-11,14-15H2;2*1H3,(H,2,3,4)/t20-,21-;;/m0../s1. The molecule has 11 nitrogen and oxygen atoms in total. The summed E-state index contributed by atoms with van der Waals surface area (Å²) in [5, 5.41) is 12.5. The van der Waals surface area contributed by atoms with E-state index in [1.807, 2.05) is 36.4 Å². The SMILES string of the molecule is CS(=O)(=O)O.CS(=O)(=O)O.N#Cc1cccc(CO[C@H]2COc3ccccc3[C@@H]2N2CCNCC2)c1. The zero-order valence-electron chi connectivity index (χ0n) is 20.1. The number of nitrogens with zero attached hydrogens (tertiary/aromatic N) is 2. The lowest BCUT2D eigenvalue weighted by molar-refractivity contribution is -0.0617. The van der Waals surface area contributed by atoms with Crippen LogP contribution in [-0.2, 0) is 31.6 Å². The van der Waals surface area contributed by atoms with Crippen LogP contribution in [0.15, 0.2) is 48.5 Å². The lowest BCUT2D eigenvalue weighted by Crippen LogP contribution is -2.51. The van der Waals surface area contributed by atoms with Gasteiger partial charge in [0.25, 0.3) is 20.2 Å². The summed E-state index contributed by atoms with van der Waals surface area (Å²) in [5.41, 5.74) is 2.88. The van der Waals surface area contributed by atoms with Gasteiger partial charge in [0.2, 0.25) is 0 Å². The van der Waals surface area contributed by atoms with E-state index >= 15 is 0 Å². The molecule has 0 radical (unpaired) electrons. The monoisotopic (exact) mass is 541 g/mol. The average molecular weight is 542 g/mol. The van der Waals surface area contributed by atoms with E-state index in [2.05, 4.69) is 28.4 Å². The number of hydrogen-bond acceptors (Lipinski definition) is 9. The van der Waals surface area contributed by atoms with Crippen molar-refractivity contribution >= 4 is 20.2 Å². The molecule has 2 aliphatic rings. The molecule has 4 rings (SSSR count). The zero-order valence-corrected chi connectivity index (χ0v) is 21.7. The van der Waals surface area contributed by atoms with Gasteiger partial charge in [-0.3, -0.25) is 14.0 Å². The smallest absolute Gasteiger partial charge is 0.261 e. The maximum atomic E-state index is 9.19. The molecule has 0 aliphatic carbocycles. The Hall–Kier alpha value is -2.57. The third kappa shape index (κ3) is 11.4. The minimum absolute atomic E-state index is 0.0336. The van der Waals surface area contributed by atoms with Crippen LogP contribution in [0.4, 0.5) is 0 Å². The van der Waals surface area contributed by atoms with Gasteiger partial charge in [-0.1, -0.05) is 30.3 Å². The van der Waals surface area contributed by atoms with Gasteiger partial charge in [-0.2, -0.15) is 22.1 Å². The van der Waals surface area contributed by atoms with Crippen LogP contribution in [0.5, 0.6) is 5.75 Å². The highest BCUT2D eigenvalue weighted by Crippen LogP contribution is 2.37. The summed E-state index contributed by atoms with van der Waals surface area (Å²) >= 11 is 0. The van der Waals surface area contributed by atoms with Crippen LogP contribution < -0.4 is 10.1 Å². The fourth-order valence-corrected chi connectivity index (χ4v) is 3.78. The van der Waals surface area contributed by atoms with Gasteiger partial charge < -0.3 is 14.8 Å². The number of benzene rings is 2. The molecule has 0 spiro atoms. The quantitative estimate of drug-likeness (QED) is 0.480. The Labute approximate surface area is 212 Å². The maximum Gasteiger partial charge on any atom is 0.261 e. The van der Waals surface area contributed by atoms with E-state index in [1.54, 1.807) is 0 Å². The molecule has 2 heterocycles. The van der Waals surface area contributed by atoms with Gasteiger partial charge in [0.15, 0.2) is 0 Å². The largest absolute Gasteiger partial charge is 0.490 e. The van der Waals surface area contributed by atoms with E-state index in [4.69, 9.17) is 23.8 Å². The highest BCUT2D eigenvalue weighted by atomic mass is 32.2. The van der Waals surface area contributed by atoms with Gasteiger partial charge in [-0.15, -0.1) is 0 Å². The number of para-hydroxylation sites is 1. The van der Waals surface area contributed by atoms with Gasteiger partial charge in [-0.25, -0.2) is 0 Å². The number of rotatable bonds is 4. The molecule has 13 heteroatoms. The first-order valence-electron chi connectivity index (χ1n) is 11.0. The highest BCUT2D eigenvalue weighted by molar-refractivity contribution is 7.85. The Balaban J connectivity index is 0.000000389. The Morgan fingerprint density at radius 3 is 2.28 bits per heavy atom. The first-order valence-corrected chi connectivity index (χ1v) is 14.7. The molecule has 0 bridgehead atoms. The van der Waals surface area contributed by atoms with Gasteiger partial charge in [0.1, 0.15) is 18.5 Å². The van der Waals surface area contributed by atoms with Crippen LogP contribution in [0, 0.1) is 11.3 Å². The molecule has 0 saturated carbocycles. The predicted molar refractivity (Wildman–Crippen MR) is 134 cm³/mol. The van der Waals surface area contributed by atoms with E-state index in [0.717, 1.165) is 37.5 Å². The Morgan fingerprint density at radius 2 is 1.67 bits per heavy atom.